The number of hydrogen-bond donors (Lipinski definition) is 2. The lowest BCUT2D eigenvalue weighted by atomic mass is 9.50. The zero-order valence-corrected chi connectivity index (χ0v) is 21.6. The van der Waals surface area contributed by atoms with Gasteiger partial charge < -0.3 is 24.2 Å². The van der Waals surface area contributed by atoms with E-state index in [-0.39, 0.29) is 39.4 Å². The Kier molecular flexibility index (Phi) is 3.20. The number of aromatic hydroxyl groups is 1. The van der Waals surface area contributed by atoms with Gasteiger partial charge in [-0.25, -0.2) is 0 Å². The van der Waals surface area contributed by atoms with E-state index >= 15 is 0 Å². The van der Waals surface area contributed by atoms with E-state index < -0.39 is 11.2 Å². The molecule has 8 aliphatic rings. The third kappa shape index (κ3) is 1.66. The summed E-state index contributed by atoms with van der Waals surface area (Å²) >= 11 is 0. The van der Waals surface area contributed by atoms with Crippen molar-refractivity contribution in [3.63, 3.8) is 0 Å². The van der Waals surface area contributed by atoms with Gasteiger partial charge in [0.05, 0.1) is 31.2 Å². The first-order valence-corrected chi connectivity index (χ1v) is 13.5. The predicted molar refractivity (Wildman–Crippen MR) is 128 cm³/mol. The molecule has 5 nitrogen and oxygen atoms in total. The highest BCUT2D eigenvalue weighted by molar-refractivity contribution is 5.72. The lowest BCUT2D eigenvalue weighted by Gasteiger charge is -2.59. The highest BCUT2D eigenvalue weighted by Crippen LogP contribution is 3.00. The highest BCUT2D eigenvalue weighted by Gasteiger charge is 3.09. The number of piperidine rings is 1. The lowest BCUT2D eigenvalue weighted by Crippen LogP contribution is -2.70. The van der Waals surface area contributed by atoms with E-state index in [9.17, 15) is 10.2 Å². The molecule has 3 spiro atoms. The molecule has 5 heteroatoms. The molecule has 9 rings (SSSR count). The molecule has 1 aromatic rings. The Bertz CT molecular complexity index is 1170. The average Bonchev–Trinajstić information content (AvgIpc) is 3.53. The number of likely N-dealkylation sites (tertiary alicyclic amines) is 1. The molecular weight excluding hydrogens is 426 g/mol. The molecule has 1 saturated heterocycles. The highest BCUT2D eigenvalue weighted by atomic mass is 16.6. The second kappa shape index (κ2) is 5.21. The monoisotopic (exact) mass is 466 g/mol. The predicted octanol–water partition coefficient (Wildman–Crippen LogP) is 3.78. The van der Waals surface area contributed by atoms with Gasteiger partial charge in [-0.1, -0.05) is 26.8 Å². The van der Waals surface area contributed by atoms with Crippen molar-refractivity contribution in [3.05, 3.63) is 23.3 Å². The summed E-state index contributed by atoms with van der Waals surface area (Å²) in [5.41, 5.74) is 1.20. The number of hydrogen-bond acceptors (Lipinski definition) is 4. The van der Waals surface area contributed by atoms with Crippen LogP contribution in [0.15, 0.2) is 12.1 Å². The number of quaternary nitrogens is 1. The van der Waals surface area contributed by atoms with Crippen LogP contribution in [0.5, 0.6) is 11.5 Å². The van der Waals surface area contributed by atoms with Crippen LogP contribution in [-0.2, 0) is 16.6 Å². The number of nitrogens with zero attached hydrogens (tertiary/aromatic N) is 1. The number of aliphatic hydroxyl groups is 1. The maximum Gasteiger partial charge on any atom is 0.165 e. The van der Waals surface area contributed by atoms with Gasteiger partial charge in [0.1, 0.15) is 17.7 Å². The van der Waals surface area contributed by atoms with Gasteiger partial charge >= 0.3 is 0 Å². The quantitative estimate of drug-likeness (QED) is 0.663. The number of rotatable bonds is 4. The third-order valence-electron chi connectivity index (χ3n) is 12.9. The molecule has 2 heterocycles. The van der Waals surface area contributed by atoms with E-state index in [2.05, 4.69) is 33.9 Å². The average molecular weight is 467 g/mol. The first-order valence-electron chi connectivity index (χ1n) is 13.5. The molecule has 0 aromatic heterocycles. The molecule has 0 radical (unpaired) electrons. The summed E-state index contributed by atoms with van der Waals surface area (Å²) in [6, 6.07) is 4.58. The van der Waals surface area contributed by atoms with Gasteiger partial charge in [-0.2, -0.15) is 0 Å². The molecular formula is C29H40NO4+. The molecule has 5 saturated carbocycles. The van der Waals surface area contributed by atoms with Crippen LogP contribution in [0, 0.1) is 28.1 Å². The third-order valence-corrected chi connectivity index (χ3v) is 12.9. The van der Waals surface area contributed by atoms with E-state index in [1.807, 2.05) is 20.1 Å². The van der Waals surface area contributed by atoms with Crippen LogP contribution < -0.4 is 4.74 Å². The molecule has 2 aliphatic heterocycles. The molecule has 6 fully saturated rings. The summed E-state index contributed by atoms with van der Waals surface area (Å²) < 4.78 is 14.6. The smallest absolute Gasteiger partial charge is 0.165 e. The maximum atomic E-state index is 12.2. The lowest BCUT2D eigenvalue weighted by molar-refractivity contribution is -0.932. The Hall–Kier alpha value is -1.30. The first-order chi connectivity index (χ1) is 15.9. The van der Waals surface area contributed by atoms with Crippen molar-refractivity contribution in [1.29, 1.82) is 0 Å². The summed E-state index contributed by atoms with van der Waals surface area (Å²) in [5, 5.41) is 23.1. The van der Waals surface area contributed by atoms with Gasteiger partial charge in [-0.05, 0) is 49.7 Å². The Balaban J connectivity index is 1.40. The van der Waals surface area contributed by atoms with E-state index in [1.165, 1.54) is 41.5 Å². The van der Waals surface area contributed by atoms with E-state index in [0.29, 0.717) is 6.04 Å². The van der Waals surface area contributed by atoms with Crippen LogP contribution in [0.3, 0.4) is 0 Å². The second-order valence-corrected chi connectivity index (χ2v) is 14.8. The Morgan fingerprint density at radius 3 is 2.59 bits per heavy atom. The number of phenols is 1. The Morgan fingerprint density at radius 1 is 1.21 bits per heavy atom. The van der Waals surface area contributed by atoms with Crippen LogP contribution in [0.2, 0.25) is 0 Å². The fourth-order valence-corrected chi connectivity index (χ4v) is 11.4. The zero-order chi connectivity index (χ0) is 23.9. The van der Waals surface area contributed by atoms with Gasteiger partial charge in [0.15, 0.2) is 11.5 Å². The summed E-state index contributed by atoms with van der Waals surface area (Å²) in [6.07, 6.45) is 5.68. The van der Waals surface area contributed by atoms with Crippen molar-refractivity contribution in [2.45, 2.75) is 88.6 Å². The van der Waals surface area contributed by atoms with Gasteiger partial charge in [-0.3, -0.25) is 0 Å². The first kappa shape index (κ1) is 20.8. The largest absolute Gasteiger partial charge is 0.504 e. The molecule has 4 bridgehead atoms. The number of phenolic OH excluding ortho intramolecular Hbond substituents is 1. The summed E-state index contributed by atoms with van der Waals surface area (Å²) in [5.74, 6) is 1.87. The molecule has 2 unspecified atom stereocenters. The Labute approximate surface area is 203 Å². The van der Waals surface area contributed by atoms with Crippen molar-refractivity contribution >= 4 is 0 Å². The zero-order valence-electron chi connectivity index (χ0n) is 21.6. The van der Waals surface area contributed by atoms with Gasteiger partial charge in [0.25, 0.3) is 0 Å². The number of benzene rings is 1. The molecule has 0 amide bonds. The summed E-state index contributed by atoms with van der Waals surface area (Å²) in [4.78, 5) is 0. The minimum Gasteiger partial charge on any atom is -0.504 e. The Morgan fingerprint density at radius 2 is 1.94 bits per heavy atom. The van der Waals surface area contributed by atoms with Crippen molar-refractivity contribution in [2.24, 2.45) is 28.1 Å². The van der Waals surface area contributed by atoms with E-state index in [0.717, 1.165) is 30.9 Å². The second-order valence-electron chi connectivity index (χ2n) is 14.8. The van der Waals surface area contributed by atoms with Crippen LogP contribution in [0.1, 0.15) is 64.5 Å². The SMILES string of the molecule is CO[C@]12CC34C[N@@+](C)(CC5CC5)[C@@H]5Cc6ccc(O)c7c6[C@@]3([C@H]1O7)[C@]54C[C@@H]2C(C)(O)C(C)(C)C. The van der Waals surface area contributed by atoms with Crippen LogP contribution in [0.4, 0.5) is 0 Å². The van der Waals surface area contributed by atoms with E-state index in [4.69, 9.17) is 9.47 Å². The van der Waals surface area contributed by atoms with E-state index in [1.54, 1.807) is 0 Å². The number of likely N-dealkylation sites (N-methyl/N-ethyl adjacent to an activating group) is 1. The van der Waals surface area contributed by atoms with Gasteiger partial charge in [0, 0.05) is 41.8 Å². The van der Waals surface area contributed by atoms with Gasteiger partial charge in [-0.15, -0.1) is 0 Å². The van der Waals surface area contributed by atoms with Crippen LogP contribution >= 0.6 is 0 Å². The molecule has 34 heavy (non-hydrogen) atoms. The fourth-order valence-electron chi connectivity index (χ4n) is 11.4. The molecule has 6 aliphatic carbocycles. The molecule has 184 valence electrons. The topological polar surface area (TPSA) is 58.9 Å². The van der Waals surface area contributed by atoms with Crippen molar-refractivity contribution in [2.75, 3.05) is 27.2 Å². The van der Waals surface area contributed by atoms with Crippen molar-refractivity contribution in [1.82, 2.24) is 0 Å². The molecule has 2 N–H and O–H groups in total. The van der Waals surface area contributed by atoms with Crippen molar-refractivity contribution < 1.29 is 24.2 Å². The maximum absolute atomic E-state index is 12.2. The molecule has 9 atom stereocenters. The van der Waals surface area contributed by atoms with Crippen LogP contribution in [0.25, 0.3) is 0 Å². The van der Waals surface area contributed by atoms with Crippen molar-refractivity contribution in [3.8, 4) is 11.5 Å². The summed E-state index contributed by atoms with van der Waals surface area (Å²) in [7, 11) is 4.38. The number of ether oxygens (including phenoxy) is 2. The minimum atomic E-state index is -0.895. The van der Waals surface area contributed by atoms with Crippen LogP contribution in [-0.4, -0.2) is 65.3 Å². The molecule has 1 aromatic carbocycles. The normalized spacial score (nSPS) is 52.3. The number of methoxy groups -OCH3 is 1. The fraction of sp³-hybridized carbons (Fsp3) is 0.793. The standard InChI is InChI=1S/C29H39NO4/c1-24(2,3)25(4,32)19-12-28-20-11-17-9-10-18(31)22-21(17)29(28)23(34-22)27(19,33-6)14-26(28,29)15-30(20,5)13-16-7-8-16/h9-10,16,19-20,23,32H,7-8,11-15H2,1-6H3/p+1/t19-,20-,23+,25?,26?,27+,28-,29+,30-/m1/s1. The number of fused-ring (bicyclic) bond motifs is 1. The minimum absolute atomic E-state index is 0.00766. The van der Waals surface area contributed by atoms with Gasteiger partial charge in [0.2, 0.25) is 0 Å². The summed E-state index contributed by atoms with van der Waals surface area (Å²) in [6.45, 7) is 11.0.